The summed E-state index contributed by atoms with van der Waals surface area (Å²) >= 11 is 0. The summed E-state index contributed by atoms with van der Waals surface area (Å²) in [5, 5.41) is 21.3. The molecule has 0 atom stereocenters. The lowest BCUT2D eigenvalue weighted by molar-refractivity contribution is -0.384. The zero-order chi connectivity index (χ0) is 12.8. The minimum absolute atomic E-state index is 0.139. The number of hydrogen-bond acceptors (Lipinski definition) is 5. The number of ether oxygens (including phenoxy) is 1. The van der Waals surface area contributed by atoms with Crippen LogP contribution in [0.3, 0.4) is 0 Å². The molecule has 88 valence electrons. The van der Waals surface area contributed by atoms with Gasteiger partial charge in [-0.15, -0.1) is 0 Å². The van der Waals surface area contributed by atoms with Gasteiger partial charge in [0.25, 0.3) is 5.69 Å². The van der Waals surface area contributed by atoms with Gasteiger partial charge in [0.2, 0.25) is 5.91 Å². The molecular formula is C10H9N3O4. The standard InChI is InChI=1S/C10H9N3O4/c1-17-9-6-7(13(15)16)2-3-8(9)12-10(14)4-5-11/h2-3,6H,4H2,1H3,(H,12,14). The van der Waals surface area contributed by atoms with Gasteiger partial charge in [0.1, 0.15) is 12.2 Å². The average molecular weight is 235 g/mol. The van der Waals surface area contributed by atoms with E-state index in [1.165, 1.54) is 25.3 Å². The van der Waals surface area contributed by atoms with Gasteiger partial charge in [-0.1, -0.05) is 0 Å². The quantitative estimate of drug-likeness (QED) is 0.628. The highest BCUT2D eigenvalue weighted by Gasteiger charge is 2.12. The first kappa shape index (κ1) is 12.4. The minimum Gasteiger partial charge on any atom is -0.494 e. The molecule has 0 bridgehead atoms. The summed E-state index contributed by atoms with van der Waals surface area (Å²) < 4.78 is 4.91. The van der Waals surface area contributed by atoms with Gasteiger partial charge < -0.3 is 10.1 Å². The SMILES string of the molecule is COc1cc([N+](=O)[O-])ccc1NC(=O)CC#N. The maximum absolute atomic E-state index is 11.2. The van der Waals surface area contributed by atoms with Crippen molar-refractivity contribution in [3.8, 4) is 11.8 Å². The Bertz CT molecular complexity index is 493. The van der Waals surface area contributed by atoms with E-state index in [1.54, 1.807) is 6.07 Å². The Morgan fingerprint density at radius 3 is 2.88 bits per heavy atom. The summed E-state index contributed by atoms with van der Waals surface area (Å²) in [6.45, 7) is 0. The summed E-state index contributed by atoms with van der Waals surface area (Å²) in [6, 6.07) is 5.48. The average Bonchev–Trinajstić information content (AvgIpc) is 2.29. The summed E-state index contributed by atoms with van der Waals surface area (Å²) in [4.78, 5) is 21.1. The molecule has 0 aromatic heterocycles. The Morgan fingerprint density at radius 1 is 1.65 bits per heavy atom. The molecule has 0 spiro atoms. The number of carbonyl (C=O) groups is 1. The van der Waals surface area contributed by atoms with Crippen LogP contribution in [0, 0.1) is 21.4 Å². The van der Waals surface area contributed by atoms with Gasteiger partial charge in [-0.05, 0) is 6.07 Å². The topological polar surface area (TPSA) is 105 Å². The lowest BCUT2D eigenvalue weighted by atomic mass is 10.2. The van der Waals surface area contributed by atoms with Crippen molar-refractivity contribution in [2.24, 2.45) is 0 Å². The van der Waals surface area contributed by atoms with E-state index in [4.69, 9.17) is 10.00 Å². The highest BCUT2D eigenvalue weighted by molar-refractivity contribution is 5.93. The van der Waals surface area contributed by atoms with E-state index >= 15 is 0 Å². The van der Waals surface area contributed by atoms with Crippen molar-refractivity contribution in [3.63, 3.8) is 0 Å². The molecular weight excluding hydrogens is 226 g/mol. The van der Waals surface area contributed by atoms with Crippen LogP contribution in [0.15, 0.2) is 18.2 Å². The third kappa shape index (κ3) is 3.17. The summed E-state index contributed by atoms with van der Waals surface area (Å²) in [7, 11) is 1.33. The van der Waals surface area contributed by atoms with E-state index in [0.717, 1.165) is 0 Å². The Morgan fingerprint density at radius 2 is 2.35 bits per heavy atom. The normalized spacial score (nSPS) is 9.18. The number of nitro benzene ring substituents is 1. The Hall–Kier alpha value is -2.62. The molecule has 1 rings (SSSR count). The number of hydrogen-bond donors (Lipinski definition) is 1. The van der Waals surface area contributed by atoms with E-state index in [0.29, 0.717) is 5.69 Å². The largest absolute Gasteiger partial charge is 0.494 e. The van der Waals surface area contributed by atoms with Crippen molar-refractivity contribution in [2.45, 2.75) is 6.42 Å². The second kappa shape index (κ2) is 5.46. The number of benzene rings is 1. The van der Waals surface area contributed by atoms with Gasteiger partial charge in [-0.3, -0.25) is 14.9 Å². The molecule has 1 amide bonds. The van der Waals surface area contributed by atoms with E-state index in [1.807, 2.05) is 0 Å². The van der Waals surface area contributed by atoms with E-state index in [-0.39, 0.29) is 17.9 Å². The van der Waals surface area contributed by atoms with Crippen molar-refractivity contribution < 1.29 is 14.5 Å². The van der Waals surface area contributed by atoms with E-state index < -0.39 is 10.8 Å². The molecule has 0 unspecified atom stereocenters. The Labute approximate surface area is 96.8 Å². The maximum Gasteiger partial charge on any atom is 0.273 e. The van der Waals surface area contributed by atoms with Crippen molar-refractivity contribution in [1.29, 1.82) is 5.26 Å². The number of nitrogens with zero attached hydrogens (tertiary/aromatic N) is 2. The number of anilines is 1. The second-order valence-corrected chi connectivity index (χ2v) is 3.02. The van der Waals surface area contributed by atoms with Crippen LogP contribution in [-0.2, 0) is 4.79 Å². The van der Waals surface area contributed by atoms with Crippen LogP contribution in [0.1, 0.15) is 6.42 Å². The fourth-order valence-electron chi connectivity index (χ4n) is 1.16. The van der Waals surface area contributed by atoms with Crippen LogP contribution < -0.4 is 10.1 Å². The molecule has 7 heteroatoms. The van der Waals surface area contributed by atoms with Crippen LogP contribution in [0.5, 0.6) is 5.75 Å². The number of amides is 1. The van der Waals surface area contributed by atoms with Gasteiger partial charge in [0.05, 0.1) is 29.9 Å². The van der Waals surface area contributed by atoms with Gasteiger partial charge >= 0.3 is 0 Å². The Balaban J connectivity index is 2.97. The highest BCUT2D eigenvalue weighted by Crippen LogP contribution is 2.28. The number of nitro groups is 1. The monoisotopic (exact) mass is 235 g/mol. The number of rotatable bonds is 4. The van der Waals surface area contributed by atoms with Crippen LogP contribution in [0.4, 0.5) is 11.4 Å². The number of methoxy groups -OCH3 is 1. The number of non-ortho nitro benzene ring substituents is 1. The first-order valence-electron chi connectivity index (χ1n) is 4.57. The third-order valence-corrected chi connectivity index (χ3v) is 1.91. The lowest BCUT2D eigenvalue weighted by Crippen LogP contribution is -2.11. The molecule has 0 aliphatic carbocycles. The molecule has 17 heavy (non-hydrogen) atoms. The molecule has 0 saturated heterocycles. The zero-order valence-corrected chi connectivity index (χ0v) is 8.97. The van der Waals surface area contributed by atoms with Gasteiger partial charge in [0, 0.05) is 6.07 Å². The first-order valence-corrected chi connectivity index (χ1v) is 4.57. The molecule has 0 aliphatic rings. The molecule has 0 aliphatic heterocycles. The van der Waals surface area contributed by atoms with Crippen LogP contribution in [0.25, 0.3) is 0 Å². The van der Waals surface area contributed by atoms with Crippen molar-refractivity contribution in [1.82, 2.24) is 0 Å². The number of nitrogens with one attached hydrogen (secondary N) is 1. The zero-order valence-electron chi connectivity index (χ0n) is 8.97. The fourth-order valence-corrected chi connectivity index (χ4v) is 1.16. The lowest BCUT2D eigenvalue weighted by Gasteiger charge is -2.08. The van der Waals surface area contributed by atoms with Gasteiger partial charge in [-0.25, -0.2) is 0 Å². The Kier molecular flexibility index (Phi) is 4.00. The maximum atomic E-state index is 11.2. The van der Waals surface area contributed by atoms with E-state index in [9.17, 15) is 14.9 Å². The summed E-state index contributed by atoms with van der Waals surface area (Å²) in [5.41, 5.74) is 0.151. The third-order valence-electron chi connectivity index (χ3n) is 1.91. The molecule has 1 aromatic carbocycles. The summed E-state index contributed by atoms with van der Waals surface area (Å²) in [5.74, 6) is -0.329. The number of carbonyl (C=O) groups excluding carboxylic acids is 1. The van der Waals surface area contributed by atoms with Crippen molar-refractivity contribution in [2.75, 3.05) is 12.4 Å². The molecule has 1 N–H and O–H groups in total. The molecule has 0 saturated carbocycles. The molecule has 0 fully saturated rings. The smallest absolute Gasteiger partial charge is 0.273 e. The van der Waals surface area contributed by atoms with Gasteiger partial charge in [-0.2, -0.15) is 5.26 Å². The first-order chi connectivity index (χ1) is 8.08. The highest BCUT2D eigenvalue weighted by atomic mass is 16.6. The minimum atomic E-state index is -0.566. The van der Waals surface area contributed by atoms with Gasteiger partial charge in [0.15, 0.2) is 0 Å². The summed E-state index contributed by atoms with van der Waals surface area (Å²) in [6.07, 6.45) is -0.292. The predicted octanol–water partition coefficient (Wildman–Crippen LogP) is 1.46. The fraction of sp³-hybridized carbons (Fsp3) is 0.200. The van der Waals surface area contributed by atoms with Crippen LogP contribution >= 0.6 is 0 Å². The van der Waals surface area contributed by atoms with Crippen molar-refractivity contribution >= 4 is 17.3 Å². The second-order valence-electron chi connectivity index (χ2n) is 3.02. The predicted molar refractivity (Wildman–Crippen MR) is 58.5 cm³/mol. The number of nitriles is 1. The molecule has 0 heterocycles. The molecule has 0 radical (unpaired) electrons. The molecule has 7 nitrogen and oxygen atoms in total. The molecule has 1 aromatic rings. The van der Waals surface area contributed by atoms with Crippen LogP contribution in [-0.4, -0.2) is 17.9 Å². The van der Waals surface area contributed by atoms with Crippen molar-refractivity contribution in [3.05, 3.63) is 28.3 Å². The van der Waals surface area contributed by atoms with Crippen LogP contribution in [0.2, 0.25) is 0 Å². The van der Waals surface area contributed by atoms with E-state index in [2.05, 4.69) is 5.32 Å².